The van der Waals surface area contributed by atoms with Crippen LogP contribution >= 0.6 is 56.9 Å². The van der Waals surface area contributed by atoms with Crippen molar-refractivity contribution < 1.29 is 14.3 Å². The van der Waals surface area contributed by atoms with Gasteiger partial charge in [0, 0.05) is 9.13 Å². The van der Waals surface area contributed by atoms with Crippen molar-refractivity contribution in [2.75, 3.05) is 0 Å². The van der Waals surface area contributed by atoms with Gasteiger partial charge in [-0.25, -0.2) is 0 Å². The Morgan fingerprint density at radius 1 is 0.969 bits per heavy atom. The summed E-state index contributed by atoms with van der Waals surface area (Å²) in [6.07, 6.45) is 1.77. The Labute approximate surface area is 218 Å². The SMILES string of the molecule is Cc1ccc(CN2C(=O)S/C(=C\c3cc(I)cc(I)c3OCc3ccccc3)C2=O)cc1. The second kappa shape index (κ2) is 10.4. The molecule has 32 heavy (non-hydrogen) atoms. The smallest absolute Gasteiger partial charge is 0.293 e. The minimum atomic E-state index is -0.275. The van der Waals surface area contributed by atoms with Gasteiger partial charge in [0.05, 0.1) is 15.0 Å². The molecule has 3 aromatic carbocycles. The Hall–Kier alpha value is -1.85. The molecule has 1 saturated heterocycles. The first kappa shape index (κ1) is 23.3. The number of amides is 2. The minimum Gasteiger partial charge on any atom is -0.487 e. The molecule has 1 aliphatic heterocycles. The summed E-state index contributed by atoms with van der Waals surface area (Å²) in [5.41, 5.74) is 3.92. The quantitative estimate of drug-likeness (QED) is 0.210. The number of halogens is 2. The molecule has 0 saturated carbocycles. The molecule has 0 bridgehead atoms. The van der Waals surface area contributed by atoms with E-state index in [1.54, 1.807) is 6.08 Å². The molecule has 0 N–H and O–H groups in total. The van der Waals surface area contributed by atoms with Gasteiger partial charge < -0.3 is 4.74 Å². The number of ether oxygens (including phenoxy) is 1. The number of hydrogen-bond acceptors (Lipinski definition) is 4. The lowest BCUT2D eigenvalue weighted by atomic mass is 10.1. The number of nitrogens with zero attached hydrogens (tertiary/aromatic N) is 1. The Kier molecular flexibility index (Phi) is 7.57. The molecular weight excluding hydrogens is 648 g/mol. The lowest BCUT2D eigenvalue weighted by Crippen LogP contribution is -2.27. The number of thioether (sulfide) groups is 1. The molecule has 0 aliphatic carbocycles. The molecule has 3 aromatic rings. The summed E-state index contributed by atoms with van der Waals surface area (Å²) >= 11 is 5.46. The van der Waals surface area contributed by atoms with Crippen LogP contribution in [0.2, 0.25) is 0 Å². The van der Waals surface area contributed by atoms with E-state index in [4.69, 9.17) is 4.74 Å². The Morgan fingerprint density at radius 3 is 2.41 bits per heavy atom. The van der Waals surface area contributed by atoms with Crippen molar-refractivity contribution in [2.24, 2.45) is 0 Å². The molecule has 1 fully saturated rings. The average Bonchev–Trinajstić information content (AvgIpc) is 3.02. The van der Waals surface area contributed by atoms with Crippen LogP contribution < -0.4 is 4.74 Å². The Balaban J connectivity index is 1.59. The number of aryl methyl sites for hydroxylation is 1. The van der Waals surface area contributed by atoms with Crippen molar-refractivity contribution in [3.05, 3.63) is 101 Å². The molecule has 0 spiro atoms. The third-order valence-electron chi connectivity index (χ3n) is 4.88. The first-order valence-corrected chi connectivity index (χ1v) is 12.8. The standard InChI is InChI=1S/C25H19I2NO3S/c1-16-7-9-17(10-8-16)14-28-24(29)22(32-25(28)30)12-19-11-20(26)13-21(27)23(19)31-15-18-5-3-2-4-6-18/h2-13H,14-15H2,1H3/b22-12-. The molecule has 7 heteroatoms. The summed E-state index contributed by atoms with van der Waals surface area (Å²) < 4.78 is 8.13. The van der Waals surface area contributed by atoms with Crippen LogP contribution in [0.15, 0.2) is 71.6 Å². The average molecular weight is 667 g/mol. The van der Waals surface area contributed by atoms with Crippen LogP contribution in [-0.4, -0.2) is 16.0 Å². The summed E-state index contributed by atoms with van der Waals surface area (Å²) in [6.45, 7) is 2.70. The maximum atomic E-state index is 13.0. The molecule has 1 aliphatic rings. The number of imide groups is 1. The predicted octanol–water partition coefficient (Wildman–Crippen LogP) is 7.02. The normalized spacial score (nSPS) is 15.0. The van der Waals surface area contributed by atoms with Gasteiger partial charge in [-0.05, 0) is 93.2 Å². The van der Waals surface area contributed by atoms with E-state index in [0.717, 1.165) is 41.2 Å². The van der Waals surface area contributed by atoms with Gasteiger partial charge in [-0.1, -0.05) is 60.2 Å². The number of rotatable bonds is 6. The summed E-state index contributed by atoms with van der Waals surface area (Å²) in [7, 11) is 0. The van der Waals surface area contributed by atoms with Gasteiger partial charge in [-0.15, -0.1) is 0 Å². The van der Waals surface area contributed by atoms with E-state index >= 15 is 0 Å². The van der Waals surface area contributed by atoms with Crippen LogP contribution in [0.4, 0.5) is 4.79 Å². The van der Waals surface area contributed by atoms with Gasteiger partial charge in [0.25, 0.3) is 11.1 Å². The molecule has 1 heterocycles. The third-order valence-corrected chi connectivity index (χ3v) is 7.22. The van der Waals surface area contributed by atoms with E-state index in [0.29, 0.717) is 17.3 Å². The van der Waals surface area contributed by atoms with Crippen LogP contribution in [0.1, 0.15) is 22.3 Å². The second-order valence-corrected chi connectivity index (χ2v) is 10.7. The van der Waals surface area contributed by atoms with Gasteiger partial charge in [-0.2, -0.15) is 0 Å². The van der Waals surface area contributed by atoms with Gasteiger partial charge in [-0.3, -0.25) is 14.5 Å². The van der Waals surface area contributed by atoms with E-state index in [9.17, 15) is 9.59 Å². The van der Waals surface area contributed by atoms with Gasteiger partial charge in [0.2, 0.25) is 0 Å². The fourth-order valence-electron chi connectivity index (χ4n) is 3.22. The summed E-state index contributed by atoms with van der Waals surface area (Å²) in [6, 6.07) is 21.8. The zero-order valence-corrected chi connectivity index (χ0v) is 22.3. The number of carbonyl (C=O) groups is 2. The van der Waals surface area contributed by atoms with Crippen molar-refractivity contribution in [1.82, 2.24) is 4.90 Å². The largest absolute Gasteiger partial charge is 0.487 e. The fourth-order valence-corrected chi connectivity index (χ4v) is 6.10. The lowest BCUT2D eigenvalue weighted by Gasteiger charge is -2.13. The highest BCUT2D eigenvalue weighted by Gasteiger charge is 2.35. The van der Waals surface area contributed by atoms with Crippen LogP contribution in [-0.2, 0) is 17.9 Å². The number of carbonyl (C=O) groups excluding carboxylic acids is 2. The van der Waals surface area contributed by atoms with Crippen LogP contribution in [0.5, 0.6) is 5.75 Å². The monoisotopic (exact) mass is 667 g/mol. The molecule has 162 valence electrons. The van der Waals surface area contributed by atoms with E-state index in [2.05, 4.69) is 45.2 Å². The lowest BCUT2D eigenvalue weighted by molar-refractivity contribution is -0.123. The third kappa shape index (κ3) is 5.55. The van der Waals surface area contributed by atoms with E-state index in [1.807, 2.05) is 73.7 Å². The summed E-state index contributed by atoms with van der Waals surface area (Å²) in [5.74, 6) is 0.434. The van der Waals surface area contributed by atoms with E-state index < -0.39 is 0 Å². The van der Waals surface area contributed by atoms with Crippen molar-refractivity contribution in [3.8, 4) is 5.75 Å². The molecule has 2 amide bonds. The van der Waals surface area contributed by atoms with E-state index in [1.165, 1.54) is 4.90 Å². The van der Waals surface area contributed by atoms with Crippen molar-refractivity contribution in [1.29, 1.82) is 0 Å². The van der Waals surface area contributed by atoms with Crippen LogP contribution in [0, 0.1) is 14.1 Å². The first-order chi connectivity index (χ1) is 15.4. The highest BCUT2D eigenvalue weighted by atomic mass is 127. The molecule has 4 rings (SSSR count). The maximum Gasteiger partial charge on any atom is 0.293 e. The van der Waals surface area contributed by atoms with Crippen molar-refractivity contribution in [3.63, 3.8) is 0 Å². The van der Waals surface area contributed by atoms with Crippen molar-refractivity contribution >= 4 is 74.2 Å². The molecule has 0 radical (unpaired) electrons. The van der Waals surface area contributed by atoms with Gasteiger partial charge in [0.15, 0.2) is 0 Å². The van der Waals surface area contributed by atoms with Crippen LogP contribution in [0.25, 0.3) is 6.08 Å². The van der Waals surface area contributed by atoms with Crippen LogP contribution in [0.3, 0.4) is 0 Å². The first-order valence-electron chi connectivity index (χ1n) is 9.87. The molecular formula is C25H19I2NO3S. The highest BCUT2D eigenvalue weighted by molar-refractivity contribution is 14.1. The molecule has 4 nitrogen and oxygen atoms in total. The predicted molar refractivity (Wildman–Crippen MR) is 145 cm³/mol. The Morgan fingerprint density at radius 2 is 1.69 bits per heavy atom. The summed E-state index contributed by atoms with van der Waals surface area (Å²) in [4.78, 5) is 27.3. The second-order valence-electron chi connectivity index (χ2n) is 7.33. The highest BCUT2D eigenvalue weighted by Crippen LogP contribution is 2.37. The molecule has 0 aromatic heterocycles. The Bertz CT molecular complexity index is 1190. The van der Waals surface area contributed by atoms with Gasteiger partial charge >= 0.3 is 0 Å². The fraction of sp³-hybridized carbons (Fsp3) is 0.120. The number of hydrogen-bond donors (Lipinski definition) is 0. The zero-order chi connectivity index (χ0) is 22.7. The summed E-state index contributed by atoms with van der Waals surface area (Å²) in [5, 5.41) is -0.256. The zero-order valence-electron chi connectivity index (χ0n) is 17.2. The minimum absolute atomic E-state index is 0.256. The van der Waals surface area contributed by atoms with E-state index in [-0.39, 0.29) is 17.7 Å². The number of benzene rings is 3. The molecule has 0 atom stereocenters. The van der Waals surface area contributed by atoms with Gasteiger partial charge in [0.1, 0.15) is 12.4 Å². The maximum absolute atomic E-state index is 13.0. The van der Waals surface area contributed by atoms with Crippen molar-refractivity contribution in [2.45, 2.75) is 20.1 Å². The topological polar surface area (TPSA) is 46.6 Å². The molecule has 0 unspecified atom stereocenters.